The molecule has 0 bridgehead atoms. The van der Waals surface area contributed by atoms with E-state index < -0.39 is 0 Å². The maximum Gasteiger partial charge on any atom is 0.321 e. The predicted octanol–water partition coefficient (Wildman–Crippen LogP) is 3.29. The molecular formula is C15H22ClN3O. The Morgan fingerprint density at radius 2 is 1.65 bits per heavy atom. The van der Waals surface area contributed by atoms with Crippen molar-refractivity contribution in [2.24, 2.45) is 0 Å². The number of hydrogen-bond acceptors (Lipinski definition) is 2. The van der Waals surface area contributed by atoms with Crippen LogP contribution in [-0.4, -0.2) is 47.5 Å². The molecule has 0 radical (unpaired) electrons. The first-order valence-electron chi connectivity index (χ1n) is 6.93. The number of amides is 2. The van der Waals surface area contributed by atoms with Crippen LogP contribution >= 0.6 is 11.6 Å². The Bertz CT molecular complexity index is 459. The predicted molar refractivity (Wildman–Crippen MR) is 83.4 cm³/mol. The Hall–Kier alpha value is -1.26. The molecule has 1 aromatic carbocycles. The molecule has 1 aromatic rings. The van der Waals surface area contributed by atoms with E-state index >= 15 is 0 Å². The summed E-state index contributed by atoms with van der Waals surface area (Å²) in [4.78, 5) is 16.4. The van der Waals surface area contributed by atoms with Gasteiger partial charge >= 0.3 is 6.03 Å². The number of nitrogens with one attached hydrogen (secondary N) is 1. The van der Waals surface area contributed by atoms with Crippen molar-refractivity contribution in [2.45, 2.75) is 26.3 Å². The molecule has 0 unspecified atom stereocenters. The highest BCUT2D eigenvalue weighted by Crippen LogP contribution is 2.17. The van der Waals surface area contributed by atoms with Gasteiger partial charge in [0.05, 0.1) is 0 Å². The molecule has 0 atom stereocenters. The summed E-state index contributed by atoms with van der Waals surface area (Å²) in [6.07, 6.45) is 0. The summed E-state index contributed by atoms with van der Waals surface area (Å²) in [6, 6.07) is 7.13. The smallest absolute Gasteiger partial charge is 0.321 e. The molecule has 5 heteroatoms. The fourth-order valence-electron chi connectivity index (χ4n) is 2.32. The first-order chi connectivity index (χ1) is 9.36. The van der Waals surface area contributed by atoms with Crippen LogP contribution in [0.3, 0.4) is 0 Å². The van der Waals surface area contributed by atoms with Crippen molar-refractivity contribution in [3.8, 4) is 0 Å². The van der Waals surface area contributed by atoms with Gasteiger partial charge in [-0.1, -0.05) is 11.6 Å². The highest BCUT2D eigenvalue weighted by Gasteiger charge is 2.27. The molecule has 110 valence electrons. The van der Waals surface area contributed by atoms with Gasteiger partial charge in [0.2, 0.25) is 0 Å². The van der Waals surface area contributed by atoms with E-state index in [1.165, 1.54) is 0 Å². The second-order valence-corrected chi connectivity index (χ2v) is 6.52. The molecule has 0 aliphatic carbocycles. The molecule has 1 N–H and O–H groups in total. The SMILES string of the molecule is CC(C)(C)N1CCN(C(=O)Nc2ccc(Cl)cc2)CC1. The molecule has 1 heterocycles. The molecule has 1 fully saturated rings. The van der Waals surface area contributed by atoms with Crippen LogP contribution in [0.5, 0.6) is 0 Å². The summed E-state index contributed by atoms with van der Waals surface area (Å²) < 4.78 is 0. The molecular weight excluding hydrogens is 274 g/mol. The number of halogens is 1. The largest absolute Gasteiger partial charge is 0.322 e. The Labute approximate surface area is 125 Å². The standard InChI is InChI=1S/C15H22ClN3O/c1-15(2,3)19-10-8-18(9-11-19)14(20)17-13-6-4-12(16)5-7-13/h4-7H,8-11H2,1-3H3,(H,17,20). The van der Waals surface area contributed by atoms with E-state index in [0.717, 1.165) is 31.9 Å². The number of carbonyl (C=O) groups is 1. The van der Waals surface area contributed by atoms with Gasteiger partial charge in [-0.15, -0.1) is 0 Å². The van der Waals surface area contributed by atoms with Gasteiger partial charge in [0.15, 0.2) is 0 Å². The highest BCUT2D eigenvalue weighted by molar-refractivity contribution is 6.30. The van der Waals surface area contributed by atoms with E-state index in [-0.39, 0.29) is 11.6 Å². The normalized spacial score (nSPS) is 17.1. The van der Waals surface area contributed by atoms with Crippen molar-refractivity contribution < 1.29 is 4.79 Å². The molecule has 20 heavy (non-hydrogen) atoms. The molecule has 1 saturated heterocycles. The molecule has 0 aromatic heterocycles. The molecule has 0 saturated carbocycles. The quantitative estimate of drug-likeness (QED) is 0.863. The lowest BCUT2D eigenvalue weighted by Gasteiger charge is -2.42. The van der Waals surface area contributed by atoms with Crippen molar-refractivity contribution in [1.29, 1.82) is 0 Å². The van der Waals surface area contributed by atoms with E-state index in [0.29, 0.717) is 5.02 Å². The maximum absolute atomic E-state index is 12.2. The molecule has 1 aliphatic rings. The van der Waals surface area contributed by atoms with Crippen LogP contribution < -0.4 is 5.32 Å². The second kappa shape index (κ2) is 6.02. The van der Waals surface area contributed by atoms with Gasteiger partial charge in [-0.3, -0.25) is 4.90 Å². The van der Waals surface area contributed by atoms with Crippen LogP contribution in [-0.2, 0) is 0 Å². The third-order valence-electron chi connectivity index (χ3n) is 3.61. The lowest BCUT2D eigenvalue weighted by Crippen LogP contribution is -2.55. The molecule has 2 rings (SSSR count). The topological polar surface area (TPSA) is 35.6 Å². The van der Waals surface area contributed by atoms with Crippen molar-refractivity contribution in [3.05, 3.63) is 29.3 Å². The number of rotatable bonds is 1. The minimum Gasteiger partial charge on any atom is -0.322 e. The first kappa shape index (κ1) is 15.1. The lowest BCUT2D eigenvalue weighted by atomic mass is 10.1. The number of hydrogen-bond donors (Lipinski definition) is 1. The van der Waals surface area contributed by atoms with E-state index in [1.54, 1.807) is 12.1 Å². The number of benzene rings is 1. The van der Waals surface area contributed by atoms with Gasteiger partial charge in [-0.25, -0.2) is 4.79 Å². The minimum atomic E-state index is -0.0409. The second-order valence-electron chi connectivity index (χ2n) is 6.08. The van der Waals surface area contributed by atoms with Gasteiger partial charge in [-0.05, 0) is 45.0 Å². The number of urea groups is 1. The average Bonchev–Trinajstić information content (AvgIpc) is 2.40. The Morgan fingerprint density at radius 3 is 2.15 bits per heavy atom. The maximum atomic E-state index is 12.2. The van der Waals surface area contributed by atoms with E-state index in [2.05, 4.69) is 31.0 Å². The summed E-state index contributed by atoms with van der Waals surface area (Å²) in [5.74, 6) is 0. The zero-order valence-corrected chi connectivity index (χ0v) is 13.1. The van der Waals surface area contributed by atoms with Gasteiger partial charge in [0, 0.05) is 42.4 Å². The zero-order chi connectivity index (χ0) is 14.8. The van der Waals surface area contributed by atoms with Crippen LogP contribution in [0.4, 0.5) is 10.5 Å². The Morgan fingerprint density at radius 1 is 1.10 bits per heavy atom. The third-order valence-corrected chi connectivity index (χ3v) is 3.86. The average molecular weight is 296 g/mol. The van der Waals surface area contributed by atoms with Crippen molar-refractivity contribution in [2.75, 3.05) is 31.5 Å². The van der Waals surface area contributed by atoms with E-state index in [9.17, 15) is 4.79 Å². The zero-order valence-electron chi connectivity index (χ0n) is 12.3. The molecule has 2 amide bonds. The van der Waals surface area contributed by atoms with Crippen LogP contribution in [0.2, 0.25) is 5.02 Å². The van der Waals surface area contributed by atoms with Crippen LogP contribution in [0, 0.1) is 0 Å². The van der Waals surface area contributed by atoms with E-state index in [1.807, 2.05) is 17.0 Å². The molecule has 4 nitrogen and oxygen atoms in total. The molecule has 0 spiro atoms. The Balaban J connectivity index is 1.87. The number of piperazine rings is 1. The summed E-state index contributed by atoms with van der Waals surface area (Å²) >= 11 is 5.83. The summed E-state index contributed by atoms with van der Waals surface area (Å²) in [5, 5.41) is 3.57. The summed E-state index contributed by atoms with van der Waals surface area (Å²) in [7, 11) is 0. The van der Waals surface area contributed by atoms with Crippen LogP contribution in [0.25, 0.3) is 0 Å². The minimum absolute atomic E-state index is 0.0409. The van der Waals surface area contributed by atoms with E-state index in [4.69, 9.17) is 11.6 Å². The fourth-order valence-corrected chi connectivity index (χ4v) is 2.44. The lowest BCUT2D eigenvalue weighted by molar-refractivity contribution is 0.0774. The first-order valence-corrected chi connectivity index (χ1v) is 7.30. The van der Waals surface area contributed by atoms with Gasteiger partial charge in [0.1, 0.15) is 0 Å². The van der Waals surface area contributed by atoms with Gasteiger partial charge < -0.3 is 10.2 Å². The van der Waals surface area contributed by atoms with Gasteiger partial charge in [-0.2, -0.15) is 0 Å². The van der Waals surface area contributed by atoms with Gasteiger partial charge in [0.25, 0.3) is 0 Å². The highest BCUT2D eigenvalue weighted by atomic mass is 35.5. The molecule has 1 aliphatic heterocycles. The van der Waals surface area contributed by atoms with Crippen LogP contribution in [0.15, 0.2) is 24.3 Å². The fraction of sp³-hybridized carbons (Fsp3) is 0.533. The number of anilines is 1. The van der Waals surface area contributed by atoms with Crippen LogP contribution in [0.1, 0.15) is 20.8 Å². The summed E-state index contributed by atoms with van der Waals surface area (Å²) in [6.45, 7) is 9.96. The number of nitrogens with zero attached hydrogens (tertiary/aromatic N) is 2. The monoisotopic (exact) mass is 295 g/mol. The number of carbonyl (C=O) groups excluding carboxylic acids is 1. The third kappa shape index (κ3) is 3.87. The Kier molecular flexibility index (Phi) is 4.55. The summed E-state index contributed by atoms with van der Waals surface area (Å²) in [5.41, 5.74) is 0.941. The van der Waals surface area contributed by atoms with Crippen molar-refractivity contribution in [1.82, 2.24) is 9.80 Å². The van der Waals surface area contributed by atoms with Crippen molar-refractivity contribution >= 4 is 23.3 Å². The van der Waals surface area contributed by atoms with Crippen molar-refractivity contribution in [3.63, 3.8) is 0 Å².